The van der Waals surface area contributed by atoms with Crippen LogP contribution >= 0.6 is 0 Å². The second-order valence-corrected chi connectivity index (χ2v) is 8.66. The van der Waals surface area contributed by atoms with Crippen molar-refractivity contribution in [3.8, 4) is 0 Å². The summed E-state index contributed by atoms with van der Waals surface area (Å²) >= 11 is 0. The van der Waals surface area contributed by atoms with E-state index in [0.717, 1.165) is 23.7 Å². The third kappa shape index (κ3) is 8.89. The van der Waals surface area contributed by atoms with Crippen molar-refractivity contribution >= 4 is 0 Å². The summed E-state index contributed by atoms with van der Waals surface area (Å²) in [5, 5.41) is 0. The normalized spacial score (nSPS) is 17.0. The number of rotatable bonds is 12. The van der Waals surface area contributed by atoms with Crippen molar-refractivity contribution in [3.63, 3.8) is 0 Å². The Labute approximate surface area is 136 Å². The molecule has 21 heavy (non-hydrogen) atoms. The molecule has 0 bridgehead atoms. The highest BCUT2D eigenvalue weighted by molar-refractivity contribution is 4.78. The Bertz CT molecular complexity index is 238. The Morgan fingerprint density at radius 3 is 1.90 bits per heavy atom. The van der Waals surface area contributed by atoms with Crippen LogP contribution in [0.2, 0.25) is 0 Å². The fraction of sp³-hybridized carbons (Fsp3) is 1.00. The topological polar surface area (TPSA) is 0 Å². The Hall–Kier alpha value is 0. The van der Waals surface area contributed by atoms with Gasteiger partial charge in [-0.2, -0.15) is 0 Å². The van der Waals surface area contributed by atoms with E-state index in [1.165, 1.54) is 51.4 Å². The zero-order chi connectivity index (χ0) is 16.5. The molecule has 0 nitrogen and oxygen atoms in total. The molecule has 0 aliphatic rings. The van der Waals surface area contributed by atoms with E-state index in [-0.39, 0.29) is 0 Å². The second-order valence-electron chi connectivity index (χ2n) is 8.66. The fourth-order valence-corrected chi connectivity index (χ4v) is 3.54. The summed E-state index contributed by atoms with van der Waals surface area (Å²) in [6.07, 6.45) is 11.3. The third-order valence-electron chi connectivity index (χ3n) is 6.13. The van der Waals surface area contributed by atoms with E-state index in [1.807, 2.05) is 0 Å². The van der Waals surface area contributed by atoms with Crippen LogP contribution in [0.15, 0.2) is 0 Å². The lowest BCUT2D eigenvalue weighted by Gasteiger charge is -2.35. The molecule has 0 aromatic heterocycles. The van der Waals surface area contributed by atoms with Crippen molar-refractivity contribution < 1.29 is 0 Å². The van der Waals surface area contributed by atoms with Gasteiger partial charge in [-0.05, 0) is 35.5 Å². The molecule has 0 saturated heterocycles. The molecule has 3 unspecified atom stereocenters. The van der Waals surface area contributed by atoms with Gasteiger partial charge in [-0.1, -0.05) is 100 Å². The average molecular weight is 297 g/mol. The van der Waals surface area contributed by atoms with Crippen molar-refractivity contribution in [1.29, 1.82) is 0 Å². The van der Waals surface area contributed by atoms with Crippen LogP contribution in [0.4, 0.5) is 0 Å². The minimum atomic E-state index is 0.502. The lowest BCUT2D eigenvalue weighted by Crippen LogP contribution is -2.26. The monoisotopic (exact) mass is 296 g/mol. The first-order valence-electron chi connectivity index (χ1n) is 9.74. The molecule has 0 N–H and O–H groups in total. The predicted octanol–water partition coefficient (Wildman–Crippen LogP) is 7.72. The Morgan fingerprint density at radius 2 is 1.43 bits per heavy atom. The molecule has 0 fully saturated rings. The molecule has 0 amide bonds. The summed E-state index contributed by atoms with van der Waals surface area (Å²) in [7, 11) is 0. The van der Waals surface area contributed by atoms with E-state index in [0.29, 0.717) is 5.41 Å². The highest BCUT2D eigenvalue weighted by Gasteiger charge is 2.27. The number of hydrogen-bond acceptors (Lipinski definition) is 0. The van der Waals surface area contributed by atoms with Gasteiger partial charge < -0.3 is 0 Å². The molecule has 128 valence electrons. The standard InChI is InChI=1S/C21H44/c1-9-12-20(15-14-18(5)10-2)13-11-16-21(7,8)19(6)17(3)4/h17-20H,9-16H2,1-8H3. The van der Waals surface area contributed by atoms with Crippen LogP contribution in [0, 0.1) is 29.1 Å². The van der Waals surface area contributed by atoms with Crippen molar-refractivity contribution in [3.05, 3.63) is 0 Å². The van der Waals surface area contributed by atoms with Crippen LogP contribution < -0.4 is 0 Å². The molecule has 3 atom stereocenters. The molecule has 0 aromatic rings. The van der Waals surface area contributed by atoms with Gasteiger partial charge >= 0.3 is 0 Å². The van der Waals surface area contributed by atoms with Crippen molar-refractivity contribution in [1.82, 2.24) is 0 Å². The van der Waals surface area contributed by atoms with Crippen molar-refractivity contribution in [2.75, 3.05) is 0 Å². The van der Waals surface area contributed by atoms with Gasteiger partial charge in [-0.15, -0.1) is 0 Å². The van der Waals surface area contributed by atoms with Crippen LogP contribution in [0.5, 0.6) is 0 Å². The lowest BCUT2D eigenvalue weighted by molar-refractivity contribution is 0.152. The van der Waals surface area contributed by atoms with Crippen molar-refractivity contribution in [2.24, 2.45) is 29.1 Å². The third-order valence-corrected chi connectivity index (χ3v) is 6.13. The van der Waals surface area contributed by atoms with Crippen LogP contribution in [-0.2, 0) is 0 Å². The summed E-state index contributed by atoms with van der Waals surface area (Å²) in [5.41, 5.74) is 0.502. The zero-order valence-electron chi connectivity index (χ0n) is 16.5. The first kappa shape index (κ1) is 21.0. The summed E-state index contributed by atoms with van der Waals surface area (Å²) in [6.45, 7) is 19.2. The summed E-state index contributed by atoms with van der Waals surface area (Å²) < 4.78 is 0. The largest absolute Gasteiger partial charge is 0.0654 e. The predicted molar refractivity (Wildman–Crippen MR) is 98.7 cm³/mol. The lowest BCUT2D eigenvalue weighted by atomic mass is 9.71. The first-order valence-corrected chi connectivity index (χ1v) is 9.74. The number of hydrogen-bond donors (Lipinski definition) is 0. The molecule has 0 heteroatoms. The molecule has 0 heterocycles. The van der Waals surface area contributed by atoms with Gasteiger partial charge in [0.2, 0.25) is 0 Å². The van der Waals surface area contributed by atoms with Gasteiger partial charge in [0.1, 0.15) is 0 Å². The van der Waals surface area contributed by atoms with Crippen LogP contribution in [0.3, 0.4) is 0 Å². The Kier molecular flexibility index (Phi) is 10.7. The van der Waals surface area contributed by atoms with Gasteiger partial charge in [0.15, 0.2) is 0 Å². The second kappa shape index (κ2) is 10.7. The maximum Gasteiger partial charge on any atom is -0.0326 e. The van der Waals surface area contributed by atoms with Crippen LogP contribution in [0.25, 0.3) is 0 Å². The van der Waals surface area contributed by atoms with Crippen LogP contribution in [-0.4, -0.2) is 0 Å². The van der Waals surface area contributed by atoms with E-state index in [1.54, 1.807) is 0 Å². The molecule has 0 aliphatic carbocycles. The molecule has 0 radical (unpaired) electrons. The Morgan fingerprint density at radius 1 is 0.810 bits per heavy atom. The molecule has 0 saturated carbocycles. The van der Waals surface area contributed by atoms with Gasteiger partial charge in [-0.25, -0.2) is 0 Å². The minimum absolute atomic E-state index is 0.502. The summed E-state index contributed by atoms with van der Waals surface area (Å²) in [6, 6.07) is 0. The smallest absolute Gasteiger partial charge is 0.0326 e. The zero-order valence-corrected chi connectivity index (χ0v) is 16.5. The highest BCUT2D eigenvalue weighted by atomic mass is 14.3. The fourth-order valence-electron chi connectivity index (χ4n) is 3.54. The minimum Gasteiger partial charge on any atom is -0.0654 e. The molecule has 0 rings (SSSR count). The molecule has 0 spiro atoms. The molecule has 0 aliphatic heterocycles. The quantitative estimate of drug-likeness (QED) is 0.346. The van der Waals surface area contributed by atoms with Gasteiger partial charge in [0, 0.05) is 0 Å². The van der Waals surface area contributed by atoms with Gasteiger partial charge in [-0.3, -0.25) is 0 Å². The van der Waals surface area contributed by atoms with Gasteiger partial charge in [0.25, 0.3) is 0 Å². The Balaban J connectivity index is 4.18. The maximum absolute atomic E-state index is 2.48. The first-order chi connectivity index (χ1) is 9.74. The summed E-state index contributed by atoms with van der Waals surface area (Å²) in [4.78, 5) is 0. The molecular weight excluding hydrogens is 252 g/mol. The van der Waals surface area contributed by atoms with E-state index >= 15 is 0 Å². The van der Waals surface area contributed by atoms with Crippen LogP contribution in [0.1, 0.15) is 107 Å². The van der Waals surface area contributed by atoms with E-state index < -0.39 is 0 Å². The molecular formula is C21H44. The summed E-state index contributed by atoms with van der Waals surface area (Å²) in [5.74, 6) is 3.52. The highest BCUT2D eigenvalue weighted by Crippen LogP contribution is 2.37. The SMILES string of the molecule is CCCC(CCCC(C)(C)C(C)C(C)C)CCC(C)CC. The van der Waals surface area contributed by atoms with Gasteiger partial charge in [0.05, 0.1) is 0 Å². The maximum atomic E-state index is 2.48. The van der Waals surface area contributed by atoms with E-state index in [9.17, 15) is 0 Å². The molecule has 0 aromatic carbocycles. The van der Waals surface area contributed by atoms with Crippen molar-refractivity contribution in [2.45, 2.75) is 107 Å². The van der Waals surface area contributed by atoms with E-state index in [2.05, 4.69) is 55.4 Å². The van der Waals surface area contributed by atoms with E-state index in [4.69, 9.17) is 0 Å². The average Bonchev–Trinajstić information content (AvgIpc) is 2.43.